The predicted molar refractivity (Wildman–Crippen MR) is 136 cm³/mol. The Bertz CT molecular complexity index is 1540. The van der Waals surface area contributed by atoms with Crippen LogP contribution in [0.25, 0.3) is 21.7 Å². The second-order valence-corrected chi connectivity index (χ2v) is 10.8. The lowest BCUT2D eigenvalue weighted by Crippen LogP contribution is -2.34. The minimum atomic E-state index is -3.77. The van der Waals surface area contributed by atoms with Gasteiger partial charge in [0.2, 0.25) is 15.9 Å². The highest BCUT2D eigenvalue weighted by Gasteiger charge is 2.32. The minimum absolute atomic E-state index is 0.0507. The molecule has 35 heavy (non-hydrogen) atoms. The molecule has 3 aromatic carbocycles. The summed E-state index contributed by atoms with van der Waals surface area (Å²) in [5.74, 6) is 0.208. The zero-order valence-corrected chi connectivity index (χ0v) is 20.6. The monoisotopic (exact) mass is 509 g/mol. The van der Waals surface area contributed by atoms with Crippen molar-refractivity contribution in [1.29, 1.82) is 0 Å². The van der Waals surface area contributed by atoms with Crippen LogP contribution in [0.2, 0.25) is 5.15 Å². The number of amides is 1. The molecule has 0 bridgehead atoms. The summed E-state index contributed by atoms with van der Waals surface area (Å²) in [6.07, 6.45) is 0.598. The number of carbonyl (C=O) groups excluding carboxylic acids is 1. The molecule has 1 fully saturated rings. The summed E-state index contributed by atoms with van der Waals surface area (Å²) < 4.78 is 33.7. The average molecular weight is 510 g/mol. The van der Waals surface area contributed by atoms with Gasteiger partial charge in [-0.1, -0.05) is 29.8 Å². The smallest absolute Gasteiger partial charge is 0.240 e. The van der Waals surface area contributed by atoms with Crippen LogP contribution in [0, 0.1) is 5.92 Å². The van der Waals surface area contributed by atoms with Gasteiger partial charge in [0.05, 0.1) is 23.4 Å². The Kier molecular flexibility index (Phi) is 6.35. The van der Waals surface area contributed by atoms with Gasteiger partial charge in [-0.25, -0.2) is 18.1 Å². The minimum Gasteiger partial charge on any atom is -0.497 e. The number of hydrogen-bond acceptors (Lipinski definition) is 5. The van der Waals surface area contributed by atoms with Crippen molar-refractivity contribution in [2.45, 2.75) is 17.9 Å². The summed E-state index contributed by atoms with van der Waals surface area (Å²) in [6.45, 7) is 1.11. The third-order valence-corrected chi connectivity index (χ3v) is 7.98. The van der Waals surface area contributed by atoms with Gasteiger partial charge in [-0.2, -0.15) is 0 Å². The lowest BCUT2D eigenvalue weighted by Gasteiger charge is -2.17. The van der Waals surface area contributed by atoms with E-state index in [-0.39, 0.29) is 17.3 Å². The van der Waals surface area contributed by atoms with E-state index in [9.17, 15) is 13.2 Å². The molecule has 9 heteroatoms. The molecule has 4 aromatic rings. The molecule has 1 aliphatic heterocycles. The van der Waals surface area contributed by atoms with Crippen LogP contribution < -0.4 is 9.46 Å². The highest BCUT2D eigenvalue weighted by atomic mass is 35.5. The van der Waals surface area contributed by atoms with Gasteiger partial charge in [0.1, 0.15) is 10.9 Å². The van der Waals surface area contributed by atoms with Gasteiger partial charge in [0.25, 0.3) is 0 Å². The molecule has 0 unspecified atom stereocenters. The second kappa shape index (κ2) is 9.45. The number of sulfonamides is 1. The van der Waals surface area contributed by atoms with Crippen LogP contribution in [0.5, 0.6) is 5.75 Å². The highest BCUT2D eigenvalue weighted by Crippen LogP contribution is 2.25. The van der Waals surface area contributed by atoms with Gasteiger partial charge in [-0.15, -0.1) is 0 Å². The van der Waals surface area contributed by atoms with Gasteiger partial charge in [0.15, 0.2) is 0 Å². The van der Waals surface area contributed by atoms with Crippen molar-refractivity contribution in [3.63, 3.8) is 0 Å². The molecule has 1 saturated heterocycles. The molecular formula is C26H24ClN3O4S. The van der Waals surface area contributed by atoms with E-state index in [0.29, 0.717) is 30.4 Å². The fourth-order valence-electron chi connectivity index (χ4n) is 4.41. The highest BCUT2D eigenvalue weighted by molar-refractivity contribution is 7.89. The number of pyridine rings is 1. The molecule has 1 amide bonds. The summed E-state index contributed by atoms with van der Waals surface area (Å²) in [7, 11) is -2.20. The van der Waals surface area contributed by atoms with E-state index in [1.807, 2.05) is 36.4 Å². The normalized spacial score (nSPS) is 16.3. The van der Waals surface area contributed by atoms with E-state index in [4.69, 9.17) is 16.3 Å². The third-order valence-electron chi connectivity index (χ3n) is 6.35. The number of halogens is 1. The Morgan fingerprint density at radius 3 is 2.66 bits per heavy atom. The second-order valence-electron chi connectivity index (χ2n) is 8.63. The number of aromatic nitrogens is 1. The topological polar surface area (TPSA) is 88.6 Å². The van der Waals surface area contributed by atoms with Crippen molar-refractivity contribution in [1.82, 2.24) is 14.6 Å². The Morgan fingerprint density at radius 2 is 1.83 bits per heavy atom. The number of hydrogen-bond donors (Lipinski definition) is 1. The van der Waals surface area contributed by atoms with Crippen LogP contribution in [0.3, 0.4) is 0 Å². The molecule has 0 aliphatic carbocycles. The number of fused-ring (bicyclic) bond motifs is 2. The van der Waals surface area contributed by atoms with Crippen molar-refractivity contribution in [3.8, 4) is 5.75 Å². The summed E-state index contributed by atoms with van der Waals surface area (Å²) in [6, 6.07) is 19.9. The molecule has 1 aromatic heterocycles. The van der Waals surface area contributed by atoms with Crippen molar-refractivity contribution in [2.75, 3.05) is 20.2 Å². The van der Waals surface area contributed by atoms with Gasteiger partial charge < -0.3 is 9.64 Å². The maximum atomic E-state index is 13.0. The van der Waals surface area contributed by atoms with Crippen LogP contribution in [-0.4, -0.2) is 44.4 Å². The van der Waals surface area contributed by atoms with E-state index in [0.717, 1.165) is 27.2 Å². The maximum Gasteiger partial charge on any atom is 0.240 e. The first-order valence-electron chi connectivity index (χ1n) is 11.2. The first-order chi connectivity index (χ1) is 16.8. The quantitative estimate of drug-likeness (QED) is 0.373. The number of nitrogens with zero attached hydrogens (tertiary/aromatic N) is 2. The lowest BCUT2D eigenvalue weighted by atomic mass is 10.1. The molecule has 0 saturated carbocycles. The van der Waals surface area contributed by atoms with Crippen molar-refractivity contribution in [2.24, 2.45) is 5.92 Å². The van der Waals surface area contributed by atoms with Crippen LogP contribution in [0.1, 0.15) is 12.0 Å². The SMILES string of the molecule is COc1ccc2ccc(S(=O)(=O)NC[C@@H]3CCN(Cc4ccc5nc(Cl)ccc5c4)C3=O)cc2c1. The summed E-state index contributed by atoms with van der Waals surface area (Å²) in [5, 5.41) is 3.08. The molecule has 180 valence electrons. The molecule has 7 nitrogen and oxygen atoms in total. The number of carbonyl (C=O) groups is 1. The Morgan fingerprint density at radius 1 is 1.03 bits per heavy atom. The van der Waals surface area contributed by atoms with Gasteiger partial charge in [-0.05, 0) is 71.3 Å². The fourth-order valence-corrected chi connectivity index (χ4v) is 5.68. The first-order valence-corrected chi connectivity index (χ1v) is 13.1. The Hall–Kier alpha value is -3.20. The number of methoxy groups -OCH3 is 1. The molecular weight excluding hydrogens is 486 g/mol. The molecule has 0 spiro atoms. The van der Waals surface area contributed by atoms with Crippen molar-refractivity contribution >= 4 is 49.2 Å². The zero-order valence-electron chi connectivity index (χ0n) is 19.1. The largest absolute Gasteiger partial charge is 0.497 e. The molecule has 2 heterocycles. The molecule has 5 rings (SSSR count). The van der Waals surface area contributed by atoms with Crippen LogP contribution in [0.4, 0.5) is 0 Å². The Labute approximate surface area is 208 Å². The average Bonchev–Trinajstić information content (AvgIpc) is 3.21. The third kappa shape index (κ3) is 4.96. The molecule has 1 N–H and O–H groups in total. The number of ether oxygens (including phenoxy) is 1. The predicted octanol–water partition coefficient (Wildman–Crippen LogP) is 4.38. The fraction of sp³-hybridized carbons (Fsp3) is 0.231. The van der Waals surface area contributed by atoms with E-state index >= 15 is 0 Å². The first kappa shape index (κ1) is 23.5. The standard InChI is InChI=1S/C26H24ClN3O4S/c1-34-22-6-3-18-4-7-23(14-21(18)13-22)35(32,33)28-15-20-10-11-30(26(20)31)16-17-2-8-24-19(12-17)5-9-25(27)29-24/h2-9,12-14,20,28H,10-11,15-16H2,1H3/t20-/m0/s1. The van der Waals surface area contributed by atoms with Crippen LogP contribution in [-0.2, 0) is 21.4 Å². The van der Waals surface area contributed by atoms with E-state index < -0.39 is 15.9 Å². The number of rotatable bonds is 7. The molecule has 1 atom stereocenters. The van der Waals surface area contributed by atoms with Crippen LogP contribution >= 0.6 is 11.6 Å². The maximum absolute atomic E-state index is 13.0. The summed E-state index contributed by atoms with van der Waals surface area (Å²) in [4.78, 5) is 19.2. The Balaban J connectivity index is 1.24. The lowest BCUT2D eigenvalue weighted by molar-refractivity contribution is -0.131. The van der Waals surface area contributed by atoms with E-state index in [2.05, 4.69) is 9.71 Å². The van der Waals surface area contributed by atoms with Crippen molar-refractivity contribution < 1.29 is 17.9 Å². The number of benzene rings is 3. The molecule has 0 radical (unpaired) electrons. The van der Waals surface area contributed by atoms with E-state index in [1.165, 1.54) is 0 Å². The summed E-state index contributed by atoms with van der Waals surface area (Å²) >= 11 is 5.95. The van der Waals surface area contributed by atoms with Crippen LogP contribution in [0.15, 0.2) is 71.6 Å². The van der Waals surface area contributed by atoms with Gasteiger partial charge in [0, 0.05) is 25.0 Å². The zero-order chi connectivity index (χ0) is 24.6. The van der Waals surface area contributed by atoms with Gasteiger partial charge in [-0.3, -0.25) is 4.79 Å². The number of likely N-dealkylation sites (tertiary alicyclic amines) is 1. The molecule has 1 aliphatic rings. The number of nitrogens with one attached hydrogen (secondary N) is 1. The summed E-state index contributed by atoms with van der Waals surface area (Å²) in [5.41, 5.74) is 1.79. The van der Waals surface area contributed by atoms with Gasteiger partial charge >= 0.3 is 0 Å². The van der Waals surface area contributed by atoms with E-state index in [1.54, 1.807) is 42.3 Å². The van der Waals surface area contributed by atoms with Crippen molar-refractivity contribution in [3.05, 3.63) is 77.4 Å².